The summed E-state index contributed by atoms with van der Waals surface area (Å²) in [5, 5.41) is 0. The van der Waals surface area contributed by atoms with Crippen LogP contribution < -0.4 is 10.0 Å². The predicted molar refractivity (Wildman–Crippen MR) is 105 cm³/mol. The van der Waals surface area contributed by atoms with Gasteiger partial charge in [-0.05, 0) is 43.2 Å². The number of nitrogens with zero attached hydrogens (tertiary/aromatic N) is 2. The minimum atomic E-state index is -4.05. The van der Waals surface area contributed by atoms with Gasteiger partial charge in [-0.15, -0.1) is 0 Å². The summed E-state index contributed by atoms with van der Waals surface area (Å²) in [6, 6.07) is 10.1. The third kappa shape index (κ3) is 2.72. The molecule has 150 valence electrons. The number of anilines is 1. The maximum atomic E-state index is 13.5. The first kappa shape index (κ1) is 19.1. The summed E-state index contributed by atoms with van der Waals surface area (Å²) in [6.07, 6.45) is 0.247. The fourth-order valence-electron chi connectivity index (χ4n) is 4.03. The summed E-state index contributed by atoms with van der Waals surface area (Å²) in [5.41, 5.74) is 6.71. The Kier molecular flexibility index (Phi) is 4.23. The van der Waals surface area contributed by atoms with E-state index in [4.69, 9.17) is 5.73 Å². The number of nitrogens with two attached hydrogens (primary N) is 1. The predicted octanol–water partition coefficient (Wildman–Crippen LogP) is 1.47. The van der Waals surface area contributed by atoms with Gasteiger partial charge < -0.3 is 5.73 Å². The molecule has 0 spiro atoms. The van der Waals surface area contributed by atoms with Crippen LogP contribution in [0.2, 0.25) is 0 Å². The van der Waals surface area contributed by atoms with Crippen molar-refractivity contribution in [2.24, 2.45) is 5.73 Å². The van der Waals surface area contributed by atoms with Crippen molar-refractivity contribution in [3.8, 4) is 0 Å². The highest BCUT2D eigenvalue weighted by Gasteiger charge is 2.41. The van der Waals surface area contributed by atoms with Crippen LogP contribution in [0.15, 0.2) is 47.4 Å². The number of hydrogen-bond donors (Lipinski definition) is 1. The summed E-state index contributed by atoms with van der Waals surface area (Å²) in [4.78, 5) is 37.1. The van der Waals surface area contributed by atoms with Gasteiger partial charge in [0.1, 0.15) is 0 Å². The number of imide groups is 1. The molecule has 8 nitrogen and oxygen atoms in total. The van der Waals surface area contributed by atoms with Crippen molar-refractivity contribution in [3.63, 3.8) is 0 Å². The Labute approximate surface area is 168 Å². The van der Waals surface area contributed by atoms with Crippen LogP contribution >= 0.6 is 0 Å². The molecule has 2 atom stereocenters. The van der Waals surface area contributed by atoms with Crippen LogP contribution in [0.25, 0.3) is 0 Å². The van der Waals surface area contributed by atoms with E-state index in [-0.39, 0.29) is 22.4 Å². The molecule has 2 aliphatic rings. The molecule has 0 fully saturated rings. The van der Waals surface area contributed by atoms with Gasteiger partial charge in [-0.1, -0.05) is 18.2 Å². The Balaban J connectivity index is 1.85. The number of amides is 3. The van der Waals surface area contributed by atoms with Crippen molar-refractivity contribution in [1.82, 2.24) is 4.90 Å². The quantitative estimate of drug-likeness (QED) is 0.765. The van der Waals surface area contributed by atoms with Gasteiger partial charge in [0, 0.05) is 13.1 Å². The van der Waals surface area contributed by atoms with E-state index in [2.05, 4.69) is 0 Å². The van der Waals surface area contributed by atoms with E-state index in [1.807, 2.05) is 0 Å². The molecule has 2 aromatic rings. The second kappa shape index (κ2) is 6.41. The van der Waals surface area contributed by atoms with Crippen molar-refractivity contribution in [3.05, 3.63) is 59.2 Å². The van der Waals surface area contributed by atoms with Crippen LogP contribution in [0.1, 0.15) is 45.5 Å². The third-order valence-corrected chi connectivity index (χ3v) is 7.41. The van der Waals surface area contributed by atoms with Gasteiger partial charge in [0.25, 0.3) is 21.8 Å². The lowest BCUT2D eigenvalue weighted by Gasteiger charge is -2.38. The molecule has 3 amide bonds. The molecule has 2 aliphatic heterocycles. The lowest BCUT2D eigenvalue weighted by atomic mass is 9.87. The fraction of sp³-hybridized carbons (Fsp3) is 0.250. The van der Waals surface area contributed by atoms with Crippen LogP contribution in [0.5, 0.6) is 0 Å². The molecule has 4 rings (SSSR count). The van der Waals surface area contributed by atoms with E-state index in [9.17, 15) is 22.8 Å². The molecule has 9 heteroatoms. The second-order valence-corrected chi connectivity index (χ2v) is 9.09. The lowest BCUT2D eigenvalue weighted by molar-refractivity contribution is -0.119. The average molecular weight is 413 g/mol. The Morgan fingerprint density at radius 1 is 1.07 bits per heavy atom. The Morgan fingerprint density at radius 2 is 1.72 bits per heavy atom. The minimum Gasteiger partial charge on any atom is -0.369 e. The number of primary amides is 1. The van der Waals surface area contributed by atoms with E-state index in [1.165, 1.54) is 29.6 Å². The fourth-order valence-corrected chi connectivity index (χ4v) is 5.75. The summed E-state index contributed by atoms with van der Waals surface area (Å²) in [6.45, 7) is 1.71. The average Bonchev–Trinajstić information content (AvgIpc) is 2.90. The van der Waals surface area contributed by atoms with Gasteiger partial charge in [0.05, 0.1) is 27.6 Å². The van der Waals surface area contributed by atoms with Crippen LogP contribution in [0.3, 0.4) is 0 Å². The monoisotopic (exact) mass is 413 g/mol. The normalized spacial score (nSPS) is 21.2. The van der Waals surface area contributed by atoms with Gasteiger partial charge in [-0.2, -0.15) is 0 Å². The number of para-hydroxylation sites is 1. The molecule has 0 aliphatic carbocycles. The van der Waals surface area contributed by atoms with Crippen molar-refractivity contribution in [2.75, 3.05) is 11.4 Å². The molecular formula is C20H19N3O5S. The van der Waals surface area contributed by atoms with Gasteiger partial charge in [-0.3, -0.25) is 23.6 Å². The van der Waals surface area contributed by atoms with Crippen LogP contribution in [0, 0.1) is 0 Å². The molecule has 0 bridgehead atoms. The number of hydrogen-bond acceptors (Lipinski definition) is 5. The largest absolute Gasteiger partial charge is 0.369 e. The van der Waals surface area contributed by atoms with E-state index >= 15 is 0 Å². The molecular weight excluding hydrogens is 394 g/mol. The summed E-state index contributed by atoms with van der Waals surface area (Å²) in [5.74, 6) is -2.09. The Hall–Kier alpha value is -3.20. The van der Waals surface area contributed by atoms with E-state index in [1.54, 1.807) is 31.2 Å². The van der Waals surface area contributed by atoms with E-state index in [0.717, 1.165) is 4.90 Å². The number of fused-ring (bicyclic) bond motifs is 2. The van der Waals surface area contributed by atoms with E-state index in [0.29, 0.717) is 11.3 Å². The first-order valence-electron chi connectivity index (χ1n) is 9.03. The summed E-state index contributed by atoms with van der Waals surface area (Å²) < 4.78 is 28.3. The zero-order valence-electron chi connectivity index (χ0n) is 15.8. The molecule has 2 heterocycles. The smallest absolute Gasteiger partial charge is 0.264 e. The zero-order valence-corrected chi connectivity index (χ0v) is 16.6. The summed E-state index contributed by atoms with van der Waals surface area (Å²) >= 11 is 0. The summed E-state index contributed by atoms with van der Waals surface area (Å²) in [7, 11) is -2.70. The Bertz CT molecular complexity index is 1170. The molecule has 0 aromatic heterocycles. The van der Waals surface area contributed by atoms with E-state index < -0.39 is 39.7 Å². The third-order valence-electron chi connectivity index (χ3n) is 5.49. The lowest BCUT2D eigenvalue weighted by Crippen LogP contribution is -2.45. The van der Waals surface area contributed by atoms with Gasteiger partial charge in [0.2, 0.25) is 5.91 Å². The highest BCUT2D eigenvalue weighted by atomic mass is 32.2. The molecule has 2 aromatic carbocycles. The zero-order chi connectivity index (χ0) is 21.1. The number of benzene rings is 2. The van der Waals surface area contributed by atoms with Crippen molar-refractivity contribution in [2.45, 2.75) is 30.2 Å². The molecule has 2 unspecified atom stereocenters. The number of rotatable bonds is 3. The van der Waals surface area contributed by atoms with Crippen LogP contribution in [-0.4, -0.2) is 44.1 Å². The van der Waals surface area contributed by atoms with Gasteiger partial charge in [-0.25, -0.2) is 8.42 Å². The van der Waals surface area contributed by atoms with Crippen molar-refractivity contribution < 1.29 is 22.8 Å². The van der Waals surface area contributed by atoms with Gasteiger partial charge >= 0.3 is 0 Å². The second-order valence-electron chi connectivity index (χ2n) is 7.28. The topological polar surface area (TPSA) is 118 Å². The van der Waals surface area contributed by atoms with Crippen LogP contribution in [-0.2, 0) is 14.8 Å². The van der Waals surface area contributed by atoms with Crippen LogP contribution in [0.4, 0.5) is 5.69 Å². The number of carbonyl (C=O) groups excluding carboxylic acids is 3. The SMILES string of the molecule is CC1CC(C(N)=O)c2ccccc2N1S(=O)(=O)c1ccc2c(c1)C(=O)N(C)C2=O. The number of sulfonamides is 1. The molecule has 0 radical (unpaired) electrons. The molecule has 2 N–H and O–H groups in total. The van der Waals surface area contributed by atoms with Crippen molar-refractivity contribution >= 4 is 33.4 Å². The Morgan fingerprint density at radius 3 is 2.41 bits per heavy atom. The van der Waals surface area contributed by atoms with Gasteiger partial charge in [0.15, 0.2) is 0 Å². The first-order chi connectivity index (χ1) is 13.6. The molecule has 29 heavy (non-hydrogen) atoms. The van der Waals surface area contributed by atoms with Crippen molar-refractivity contribution in [1.29, 1.82) is 0 Å². The molecule has 0 saturated carbocycles. The minimum absolute atomic E-state index is 0.0616. The molecule has 0 saturated heterocycles. The first-order valence-corrected chi connectivity index (χ1v) is 10.5. The standard InChI is InChI=1S/C20H19N3O5S/c1-11-9-15(18(21)24)13-5-3-4-6-17(13)23(11)29(27,28)12-7-8-14-16(10-12)20(26)22(2)19(14)25/h3-8,10-11,15H,9H2,1-2H3,(H2,21,24). The highest BCUT2D eigenvalue weighted by molar-refractivity contribution is 7.92. The number of carbonyl (C=O) groups is 3. The maximum Gasteiger partial charge on any atom is 0.264 e. The maximum absolute atomic E-state index is 13.5. The highest BCUT2D eigenvalue weighted by Crippen LogP contribution is 2.41.